The quantitative estimate of drug-likeness (QED) is 0.619. The van der Waals surface area contributed by atoms with Crippen LogP contribution in [0.1, 0.15) is 24.8 Å². The molecule has 1 rings (SSSR count). The van der Waals surface area contributed by atoms with E-state index in [0.717, 1.165) is 18.2 Å². The van der Waals surface area contributed by atoms with E-state index in [-0.39, 0.29) is 5.91 Å². The average molecular weight is 295 g/mol. The number of amides is 1. The van der Waals surface area contributed by atoms with Gasteiger partial charge < -0.3 is 4.90 Å². The molecule has 0 fully saturated rings. The Bertz CT molecular complexity index is 426. The predicted octanol–water partition coefficient (Wildman–Crippen LogP) is 3.09. The predicted molar refractivity (Wildman–Crippen MR) is 72.2 cm³/mol. The largest absolute Gasteiger partial charge is 0.314 e. The molecule has 90 valence electrons. The highest BCUT2D eigenvalue weighted by Crippen LogP contribution is 2.19. The Balaban J connectivity index is 2.72. The number of rotatable bonds is 5. The molecular weight excluding hydrogens is 280 g/mol. The molecule has 0 aliphatic rings. The van der Waals surface area contributed by atoms with Gasteiger partial charge in [-0.1, -0.05) is 28.1 Å². The summed E-state index contributed by atoms with van der Waals surface area (Å²) in [7, 11) is 1.71. The van der Waals surface area contributed by atoms with Crippen molar-refractivity contribution in [1.82, 2.24) is 0 Å². The monoisotopic (exact) mass is 294 g/mol. The number of unbranched alkanes of at least 4 members (excludes halogenated alkanes) is 1. The second kappa shape index (κ2) is 7.08. The fourth-order valence-electron chi connectivity index (χ4n) is 1.53. The molecule has 0 unspecified atom stereocenters. The first kappa shape index (κ1) is 13.7. The van der Waals surface area contributed by atoms with Gasteiger partial charge in [0, 0.05) is 18.8 Å². The number of anilines is 1. The molecule has 0 spiro atoms. The maximum atomic E-state index is 11.9. The van der Waals surface area contributed by atoms with Gasteiger partial charge in [0.1, 0.15) is 6.07 Å². The average Bonchev–Trinajstić information content (AvgIpc) is 2.38. The van der Waals surface area contributed by atoms with Crippen LogP contribution in [0.2, 0.25) is 0 Å². The summed E-state index contributed by atoms with van der Waals surface area (Å²) in [4.78, 5) is 13.4. The molecule has 1 aromatic rings. The van der Waals surface area contributed by atoms with E-state index in [0.29, 0.717) is 17.7 Å². The van der Waals surface area contributed by atoms with Crippen LogP contribution in [0.4, 0.5) is 5.69 Å². The number of carbonyl (C=O) groups is 1. The van der Waals surface area contributed by atoms with Gasteiger partial charge in [-0.05, 0) is 25.0 Å². The SMILES string of the molecule is CN(C(=O)CCCCBr)c1ccccc1C#N. The van der Waals surface area contributed by atoms with Crippen molar-refractivity contribution in [3.8, 4) is 6.07 Å². The molecule has 0 aromatic heterocycles. The number of carbonyl (C=O) groups excluding carboxylic acids is 1. The lowest BCUT2D eigenvalue weighted by molar-refractivity contribution is -0.118. The normalized spacial score (nSPS) is 9.71. The zero-order valence-corrected chi connectivity index (χ0v) is 11.4. The van der Waals surface area contributed by atoms with Gasteiger partial charge in [-0.2, -0.15) is 5.26 Å². The minimum absolute atomic E-state index is 0.0497. The molecule has 4 heteroatoms. The molecule has 0 heterocycles. The van der Waals surface area contributed by atoms with E-state index >= 15 is 0 Å². The molecule has 3 nitrogen and oxygen atoms in total. The van der Waals surface area contributed by atoms with Gasteiger partial charge in [0.05, 0.1) is 11.3 Å². The van der Waals surface area contributed by atoms with Gasteiger partial charge in [-0.25, -0.2) is 0 Å². The van der Waals surface area contributed by atoms with E-state index < -0.39 is 0 Å². The fourth-order valence-corrected chi connectivity index (χ4v) is 1.93. The van der Waals surface area contributed by atoms with E-state index in [9.17, 15) is 4.79 Å². The Morgan fingerprint density at radius 3 is 2.76 bits per heavy atom. The van der Waals surface area contributed by atoms with Crippen LogP contribution >= 0.6 is 15.9 Å². The summed E-state index contributed by atoms with van der Waals surface area (Å²) in [6.07, 6.45) is 2.37. The molecule has 17 heavy (non-hydrogen) atoms. The minimum atomic E-state index is 0.0497. The van der Waals surface area contributed by atoms with Crippen molar-refractivity contribution >= 4 is 27.5 Å². The third kappa shape index (κ3) is 3.86. The number of hydrogen-bond acceptors (Lipinski definition) is 2. The summed E-state index contributed by atoms with van der Waals surface area (Å²) < 4.78 is 0. The van der Waals surface area contributed by atoms with Crippen molar-refractivity contribution in [1.29, 1.82) is 5.26 Å². The lowest BCUT2D eigenvalue weighted by atomic mass is 10.1. The Morgan fingerprint density at radius 1 is 1.41 bits per heavy atom. The Kier molecular flexibility index (Phi) is 5.71. The van der Waals surface area contributed by atoms with Crippen molar-refractivity contribution in [3.05, 3.63) is 29.8 Å². The van der Waals surface area contributed by atoms with Crippen LogP contribution in [-0.4, -0.2) is 18.3 Å². The Morgan fingerprint density at radius 2 is 2.12 bits per heavy atom. The number of alkyl halides is 1. The van der Waals surface area contributed by atoms with Crippen molar-refractivity contribution in [2.75, 3.05) is 17.3 Å². The van der Waals surface area contributed by atoms with Crippen molar-refractivity contribution < 1.29 is 4.79 Å². The van der Waals surface area contributed by atoms with Gasteiger partial charge >= 0.3 is 0 Å². The van der Waals surface area contributed by atoms with Crippen LogP contribution in [-0.2, 0) is 4.79 Å². The zero-order valence-electron chi connectivity index (χ0n) is 9.82. The van der Waals surface area contributed by atoms with Crippen LogP contribution < -0.4 is 4.90 Å². The molecule has 0 N–H and O–H groups in total. The number of halogens is 1. The summed E-state index contributed by atoms with van der Waals surface area (Å²) in [6.45, 7) is 0. The number of para-hydroxylation sites is 1. The standard InChI is InChI=1S/C13H15BrN2O/c1-16(13(17)8-4-5-9-14)12-7-3-2-6-11(12)10-15/h2-3,6-7H,4-5,8-9H2,1H3. The summed E-state index contributed by atoms with van der Waals surface area (Å²) in [5.74, 6) is 0.0497. The topological polar surface area (TPSA) is 44.1 Å². The maximum Gasteiger partial charge on any atom is 0.226 e. The van der Waals surface area contributed by atoms with E-state index in [1.165, 1.54) is 0 Å². The Labute approximate surface area is 110 Å². The number of hydrogen-bond donors (Lipinski definition) is 0. The van der Waals surface area contributed by atoms with Crippen LogP contribution in [0.3, 0.4) is 0 Å². The van der Waals surface area contributed by atoms with Gasteiger partial charge in [-0.15, -0.1) is 0 Å². The van der Waals surface area contributed by atoms with E-state index in [4.69, 9.17) is 5.26 Å². The first-order valence-electron chi connectivity index (χ1n) is 5.52. The van der Waals surface area contributed by atoms with Crippen molar-refractivity contribution in [2.45, 2.75) is 19.3 Å². The summed E-state index contributed by atoms with van der Waals surface area (Å²) in [5.41, 5.74) is 1.21. The lowest BCUT2D eigenvalue weighted by Gasteiger charge is -2.18. The molecule has 1 amide bonds. The molecule has 0 radical (unpaired) electrons. The number of benzene rings is 1. The summed E-state index contributed by atoms with van der Waals surface area (Å²) in [6, 6.07) is 9.24. The van der Waals surface area contributed by atoms with E-state index in [1.54, 1.807) is 30.1 Å². The number of nitriles is 1. The molecule has 0 bridgehead atoms. The first-order chi connectivity index (χ1) is 8.20. The van der Waals surface area contributed by atoms with Crippen LogP contribution in [0.15, 0.2) is 24.3 Å². The zero-order chi connectivity index (χ0) is 12.7. The molecule has 0 saturated heterocycles. The Hall–Kier alpha value is -1.34. The highest BCUT2D eigenvalue weighted by atomic mass is 79.9. The van der Waals surface area contributed by atoms with Crippen LogP contribution in [0.25, 0.3) is 0 Å². The van der Waals surface area contributed by atoms with Gasteiger partial charge in [-0.3, -0.25) is 4.79 Å². The van der Waals surface area contributed by atoms with Gasteiger partial charge in [0.15, 0.2) is 0 Å². The third-order valence-corrected chi connectivity index (χ3v) is 3.09. The van der Waals surface area contributed by atoms with Gasteiger partial charge in [0.2, 0.25) is 5.91 Å². The maximum absolute atomic E-state index is 11.9. The fraction of sp³-hybridized carbons (Fsp3) is 0.385. The summed E-state index contributed by atoms with van der Waals surface area (Å²) >= 11 is 3.34. The molecule has 0 aliphatic heterocycles. The minimum Gasteiger partial charge on any atom is -0.314 e. The lowest BCUT2D eigenvalue weighted by Crippen LogP contribution is -2.26. The van der Waals surface area contributed by atoms with E-state index in [2.05, 4.69) is 22.0 Å². The summed E-state index contributed by atoms with van der Waals surface area (Å²) in [5, 5.41) is 9.88. The molecule has 0 aliphatic carbocycles. The molecule has 1 aromatic carbocycles. The second-order valence-electron chi connectivity index (χ2n) is 3.73. The first-order valence-corrected chi connectivity index (χ1v) is 6.64. The third-order valence-electron chi connectivity index (χ3n) is 2.53. The molecular formula is C13H15BrN2O. The molecule has 0 atom stereocenters. The van der Waals surface area contributed by atoms with Crippen LogP contribution in [0.5, 0.6) is 0 Å². The van der Waals surface area contributed by atoms with Gasteiger partial charge in [0.25, 0.3) is 0 Å². The highest BCUT2D eigenvalue weighted by Gasteiger charge is 2.13. The second-order valence-corrected chi connectivity index (χ2v) is 4.52. The highest BCUT2D eigenvalue weighted by molar-refractivity contribution is 9.09. The van der Waals surface area contributed by atoms with Crippen LogP contribution in [0, 0.1) is 11.3 Å². The van der Waals surface area contributed by atoms with Crippen molar-refractivity contribution in [3.63, 3.8) is 0 Å². The van der Waals surface area contributed by atoms with E-state index in [1.807, 2.05) is 6.07 Å². The smallest absolute Gasteiger partial charge is 0.226 e. The number of nitrogens with zero attached hydrogens (tertiary/aromatic N) is 2. The van der Waals surface area contributed by atoms with Crippen molar-refractivity contribution in [2.24, 2.45) is 0 Å². The molecule has 0 saturated carbocycles.